The van der Waals surface area contributed by atoms with Crippen molar-refractivity contribution >= 4 is 11.6 Å². The fourth-order valence-electron chi connectivity index (χ4n) is 4.37. The van der Waals surface area contributed by atoms with Crippen molar-refractivity contribution in [3.63, 3.8) is 0 Å². The minimum atomic E-state index is -1.09. The van der Waals surface area contributed by atoms with Crippen molar-refractivity contribution in [1.82, 2.24) is 9.55 Å². The summed E-state index contributed by atoms with van der Waals surface area (Å²) in [5, 5.41) is 14.5. The molecule has 2 aromatic rings. The van der Waals surface area contributed by atoms with Gasteiger partial charge in [0.15, 0.2) is 5.60 Å². The molecule has 8 nitrogen and oxygen atoms in total. The van der Waals surface area contributed by atoms with Crippen LogP contribution in [0.2, 0.25) is 0 Å². The lowest BCUT2D eigenvalue weighted by atomic mass is 9.77. The summed E-state index contributed by atoms with van der Waals surface area (Å²) in [7, 11) is 0. The summed E-state index contributed by atoms with van der Waals surface area (Å²) in [6.45, 7) is 7.15. The maximum Gasteiger partial charge on any atom is 0.268 e. The van der Waals surface area contributed by atoms with Crippen molar-refractivity contribution in [2.24, 2.45) is 11.8 Å². The third kappa shape index (κ3) is 3.18. The predicted octanol–water partition coefficient (Wildman–Crippen LogP) is 4.08. The van der Waals surface area contributed by atoms with Crippen LogP contribution in [-0.2, 0) is 9.53 Å². The smallest absolute Gasteiger partial charge is 0.268 e. The van der Waals surface area contributed by atoms with Crippen LogP contribution in [0.4, 0.5) is 5.69 Å². The van der Waals surface area contributed by atoms with E-state index in [1.165, 1.54) is 0 Å². The van der Waals surface area contributed by atoms with Crippen LogP contribution < -0.4 is 5.32 Å². The summed E-state index contributed by atoms with van der Waals surface area (Å²) in [5.41, 5.74) is 2.09. The maximum absolute atomic E-state index is 13.1. The molecule has 0 radical (unpaired) electrons. The van der Waals surface area contributed by atoms with Crippen molar-refractivity contribution in [2.45, 2.75) is 39.7 Å². The number of fused-ring (bicyclic) bond motifs is 1. The number of carbonyl (C=O) groups is 1. The summed E-state index contributed by atoms with van der Waals surface area (Å²) in [6.07, 6.45) is 5.64. The van der Waals surface area contributed by atoms with Crippen molar-refractivity contribution in [3.05, 3.63) is 75.7 Å². The van der Waals surface area contributed by atoms with Crippen LogP contribution >= 0.6 is 0 Å². The Morgan fingerprint density at radius 1 is 1.30 bits per heavy atom. The van der Waals surface area contributed by atoms with Crippen LogP contribution in [0, 0.1) is 22.0 Å². The van der Waals surface area contributed by atoms with E-state index in [0.717, 1.165) is 11.3 Å². The summed E-state index contributed by atoms with van der Waals surface area (Å²) in [6, 6.07) is 7.42. The van der Waals surface area contributed by atoms with Crippen LogP contribution in [0.25, 0.3) is 5.69 Å². The van der Waals surface area contributed by atoms with Gasteiger partial charge in [-0.2, -0.15) is 0 Å². The molecule has 1 aliphatic heterocycles. The minimum absolute atomic E-state index is 0.187. The second-order valence-corrected chi connectivity index (χ2v) is 8.16. The number of amides is 1. The van der Waals surface area contributed by atoms with E-state index in [-0.39, 0.29) is 28.4 Å². The van der Waals surface area contributed by atoms with Crippen molar-refractivity contribution in [1.29, 1.82) is 0 Å². The fraction of sp³-hybridized carbons (Fsp3) is 0.364. The van der Waals surface area contributed by atoms with Gasteiger partial charge in [0.25, 0.3) is 11.6 Å². The molecule has 8 heteroatoms. The molecule has 1 aromatic heterocycles. The predicted molar refractivity (Wildman–Crippen MR) is 111 cm³/mol. The Morgan fingerprint density at radius 3 is 2.60 bits per heavy atom. The molecule has 0 saturated carbocycles. The first-order valence-electron chi connectivity index (χ1n) is 9.86. The third-order valence-electron chi connectivity index (χ3n) is 6.24. The molecule has 0 bridgehead atoms. The molecule has 1 fully saturated rings. The molecule has 2 heterocycles. The highest BCUT2D eigenvalue weighted by atomic mass is 16.6. The zero-order chi connectivity index (χ0) is 21.6. The molecule has 3 unspecified atom stereocenters. The molecule has 1 saturated heterocycles. The number of ether oxygens (including phenoxy) is 1. The molecule has 4 rings (SSSR count). The summed E-state index contributed by atoms with van der Waals surface area (Å²) >= 11 is 0. The van der Waals surface area contributed by atoms with Gasteiger partial charge in [-0.1, -0.05) is 6.92 Å². The second kappa shape index (κ2) is 7.12. The van der Waals surface area contributed by atoms with Gasteiger partial charge in [-0.3, -0.25) is 14.9 Å². The number of hydrogen-bond acceptors (Lipinski definition) is 5. The first-order valence-corrected chi connectivity index (χ1v) is 9.86. The average Bonchev–Trinajstić information content (AvgIpc) is 3.36. The largest absolute Gasteiger partial charge is 0.481 e. The average molecular weight is 408 g/mol. The Morgan fingerprint density at radius 2 is 2.00 bits per heavy atom. The number of anilines is 1. The van der Waals surface area contributed by atoms with Crippen LogP contribution in [0.3, 0.4) is 0 Å². The number of nitro groups is 1. The van der Waals surface area contributed by atoms with Crippen molar-refractivity contribution < 1.29 is 14.5 Å². The zero-order valence-corrected chi connectivity index (χ0v) is 17.4. The van der Waals surface area contributed by atoms with Gasteiger partial charge in [0.1, 0.15) is 5.76 Å². The van der Waals surface area contributed by atoms with E-state index in [2.05, 4.69) is 10.3 Å². The summed E-state index contributed by atoms with van der Waals surface area (Å²) < 4.78 is 8.02. The summed E-state index contributed by atoms with van der Waals surface area (Å²) in [5.74, 6) is -0.0740. The van der Waals surface area contributed by atoms with Gasteiger partial charge in [-0.25, -0.2) is 4.98 Å². The molecule has 2 aliphatic rings. The zero-order valence-electron chi connectivity index (χ0n) is 17.4. The Kier molecular flexibility index (Phi) is 4.72. The van der Waals surface area contributed by atoms with E-state index in [4.69, 9.17) is 4.74 Å². The first-order chi connectivity index (χ1) is 14.2. The number of hydrogen-bond donors (Lipinski definition) is 1. The first kappa shape index (κ1) is 19.9. The van der Waals surface area contributed by atoms with Gasteiger partial charge in [-0.05, 0) is 50.6 Å². The Bertz CT molecular complexity index is 1070. The number of carbonyl (C=O) groups excluding carboxylic acids is 1. The molecule has 1 aliphatic carbocycles. The van der Waals surface area contributed by atoms with Gasteiger partial charge in [0.05, 0.1) is 17.2 Å². The molecular weight excluding hydrogens is 384 g/mol. The fourth-order valence-corrected chi connectivity index (χ4v) is 4.37. The highest BCUT2D eigenvalue weighted by Gasteiger charge is 2.53. The minimum Gasteiger partial charge on any atom is -0.481 e. The molecular formula is C22H24N4O4. The molecule has 156 valence electrons. The Balaban J connectivity index is 1.53. The number of rotatable bonds is 4. The number of nitrogens with zero attached hydrogens (tertiary/aromatic N) is 3. The number of nitrogens with one attached hydrogen (secondary N) is 1. The van der Waals surface area contributed by atoms with Crippen LogP contribution in [0.1, 0.15) is 34.1 Å². The third-order valence-corrected chi connectivity index (χ3v) is 6.24. The van der Waals surface area contributed by atoms with Crippen molar-refractivity contribution in [2.75, 3.05) is 5.32 Å². The van der Waals surface area contributed by atoms with Gasteiger partial charge in [-0.15, -0.1) is 0 Å². The van der Waals surface area contributed by atoms with Crippen LogP contribution in [0.15, 0.2) is 65.6 Å². The van der Waals surface area contributed by atoms with E-state index in [1.54, 1.807) is 26.4 Å². The van der Waals surface area contributed by atoms with E-state index >= 15 is 0 Å². The van der Waals surface area contributed by atoms with Crippen LogP contribution in [0.5, 0.6) is 0 Å². The van der Waals surface area contributed by atoms with E-state index in [0.29, 0.717) is 23.4 Å². The number of benzene rings is 1. The monoisotopic (exact) mass is 408 g/mol. The van der Waals surface area contributed by atoms with Crippen LogP contribution in [-0.4, -0.2) is 26.0 Å². The second-order valence-electron chi connectivity index (χ2n) is 8.16. The lowest BCUT2D eigenvalue weighted by molar-refractivity contribution is -0.436. The number of allylic oxidation sites excluding steroid dienone is 4. The quantitative estimate of drug-likeness (QED) is 0.607. The molecule has 1 aromatic carbocycles. The summed E-state index contributed by atoms with van der Waals surface area (Å²) in [4.78, 5) is 28.4. The highest BCUT2D eigenvalue weighted by Crippen LogP contribution is 2.50. The Labute approximate surface area is 174 Å². The number of imidazole rings is 1. The lowest BCUT2D eigenvalue weighted by Crippen LogP contribution is -2.39. The topological polar surface area (TPSA) is 99.3 Å². The highest BCUT2D eigenvalue weighted by molar-refractivity contribution is 5.97. The standard InChI is InChI=1S/C22H24N4O4/c1-13-14(2)20-18(15(3)19(13)26(28)29)11-22(4,30-20)21(27)24-16-5-7-17(8-6-16)25-10-9-23-12-25/h5-10,12,15,18H,11H2,1-4H3,(H,24,27). The van der Waals surface area contributed by atoms with E-state index in [9.17, 15) is 14.9 Å². The van der Waals surface area contributed by atoms with Gasteiger partial charge >= 0.3 is 0 Å². The van der Waals surface area contributed by atoms with Gasteiger partial charge in [0, 0.05) is 41.7 Å². The van der Waals surface area contributed by atoms with E-state index < -0.39 is 5.60 Å². The lowest BCUT2D eigenvalue weighted by Gasteiger charge is -2.25. The molecule has 0 spiro atoms. The van der Waals surface area contributed by atoms with E-state index in [1.807, 2.05) is 48.9 Å². The molecule has 1 N–H and O–H groups in total. The van der Waals surface area contributed by atoms with Crippen molar-refractivity contribution in [3.8, 4) is 5.69 Å². The van der Waals surface area contributed by atoms with Gasteiger partial charge < -0.3 is 14.6 Å². The van der Waals surface area contributed by atoms with Gasteiger partial charge in [0.2, 0.25) is 0 Å². The maximum atomic E-state index is 13.1. The Hall–Kier alpha value is -3.42. The molecule has 1 amide bonds. The number of aromatic nitrogens is 2. The SMILES string of the molecule is CC1=C2OC(C)(C(=O)Nc3ccc(-n4ccnc4)cc3)CC2C(C)C([N+](=O)[O-])=C1C. The molecule has 3 atom stereocenters. The molecule has 30 heavy (non-hydrogen) atoms. The normalized spacial score (nSPS) is 25.7.